The zero-order chi connectivity index (χ0) is 16.7. The Kier molecular flexibility index (Phi) is 5.54. The smallest absolute Gasteiger partial charge is 0.408 e. The molecule has 0 saturated carbocycles. The molecular weight excluding hydrogens is 298 g/mol. The van der Waals surface area contributed by atoms with Crippen molar-refractivity contribution in [2.24, 2.45) is 0 Å². The third-order valence-electron chi connectivity index (χ3n) is 3.48. The second-order valence-electron chi connectivity index (χ2n) is 5.20. The highest BCUT2D eigenvalue weighted by molar-refractivity contribution is 5.92. The van der Waals surface area contributed by atoms with E-state index in [2.05, 4.69) is 10.1 Å². The number of ether oxygens (including phenoxy) is 2. The number of carbonyl (C=O) groups excluding carboxylic acids is 2. The Labute approximate surface area is 134 Å². The lowest BCUT2D eigenvalue weighted by molar-refractivity contribution is -0.135. The number of esters is 1. The van der Waals surface area contributed by atoms with Crippen LogP contribution in [0.3, 0.4) is 0 Å². The van der Waals surface area contributed by atoms with E-state index in [4.69, 9.17) is 4.74 Å². The number of carbonyl (C=O) groups is 2. The number of benzene rings is 1. The minimum Gasteiger partial charge on any atom is -0.465 e. The Bertz CT molecular complexity index is 623. The average molecular weight is 317 g/mol. The molecule has 1 unspecified atom stereocenters. The molecule has 23 heavy (non-hydrogen) atoms. The summed E-state index contributed by atoms with van der Waals surface area (Å²) in [7, 11) is 1.27. The molecule has 0 aromatic heterocycles. The van der Waals surface area contributed by atoms with E-state index in [0.717, 1.165) is 5.56 Å². The van der Waals surface area contributed by atoms with Gasteiger partial charge >= 0.3 is 12.1 Å². The standard InChI is InChI=1S/C17H19NO5/c1-22-15(20)14-8-5-9-17(10-14,12-19)18-16(21)23-11-13-6-3-2-4-7-13/h2-8,10,19H,9,11-12H2,1H3,(H,18,21). The van der Waals surface area contributed by atoms with E-state index >= 15 is 0 Å². The van der Waals surface area contributed by atoms with Crippen LogP contribution in [0.1, 0.15) is 12.0 Å². The molecule has 0 fully saturated rings. The van der Waals surface area contributed by atoms with Crippen molar-refractivity contribution in [2.45, 2.75) is 18.6 Å². The van der Waals surface area contributed by atoms with Crippen LogP contribution < -0.4 is 5.32 Å². The van der Waals surface area contributed by atoms with E-state index in [1.807, 2.05) is 30.3 Å². The summed E-state index contributed by atoms with van der Waals surface area (Å²) < 4.78 is 9.80. The second-order valence-corrected chi connectivity index (χ2v) is 5.20. The summed E-state index contributed by atoms with van der Waals surface area (Å²) in [6, 6.07) is 9.26. The molecule has 0 spiro atoms. The third-order valence-corrected chi connectivity index (χ3v) is 3.48. The fraction of sp³-hybridized carbons (Fsp3) is 0.294. The van der Waals surface area contributed by atoms with Crippen LogP contribution in [-0.4, -0.2) is 36.4 Å². The maximum Gasteiger partial charge on any atom is 0.408 e. The normalized spacial score (nSPS) is 19.7. The summed E-state index contributed by atoms with van der Waals surface area (Å²) in [5.41, 5.74) is 0.0534. The number of nitrogens with one attached hydrogen (secondary N) is 1. The van der Waals surface area contributed by atoms with Crippen LogP contribution in [0.25, 0.3) is 0 Å². The summed E-state index contributed by atoms with van der Waals surface area (Å²) in [4.78, 5) is 23.6. The highest BCUT2D eigenvalue weighted by atomic mass is 16.5. The molecule has 2 rings (SSSR count). The van der Waals surface area contributed by atoms with Gasteiger partial charge in [-0.3, -0.25) is 0 Å². The first-order valence-corrected chi connectivity index (χ1v) is 7.16. The molecule has 1 aliphatic carbocycles. The molecule has 1 atom stereocenters. The van der Waals surface area contributed by atoms with E-state index in [1.165, 1.54) is 13.2 Å². The molecule has 2 N–H and O–H groups in total. The maximum absolute atomic E-state index is 12.0. The maximum atomic E-state index is 12.0. The average Bonchev–Trinajstić information content (AvgIpc) is 2.60. The number of hydrogen-bond acceptors (Lipinski definition) is 5. The Morgan fingerprint density at radius 2 is 2.04 bits per heavy atom. The lowest BCUT2D eigenvalue weighted by Gasteiger charge is -2.31. The van der Waals surface area contributed by atoms with Crippen molar-refractivity contribution in [1.82, 2.24) is 5.32 Å². The van der Waals surface area contributed by atoms with Crippen molar-refractivity contribution >= 4 is 12.1 Å². The summed E-state index contributed by atoms with van der Waals surface area (Å²) in [6.07, 6.45) is 4.46. The van der Waals surface area contributed by atoms with Crippen LogP contribution in [0.5, 0.6) is 0 Å². The molecule has 122 valence electrons. The first-order valence-electron chi connectivity index (χ1n) is 7.16. The van der Waals surface area contributed by atoms with Crippen molar-refractivity contribution in [2.75, 3.05) is 13.7 Å². The first kappa shape index (κ1) is 16.8. The second kappa shape index (κ2) is 7.60. The van der Waals surface area contributed by atoms with Gasteiger partial charge in [-0.15, -0.1) is 0 Å². The van der Waals surface area contributed by atoms with Crippen LogP contribution >= 0.6 is 0 Å². The van der Waals surface area contributed by atoms with E-state index in [1.54, 1.807) is 12.2 Å². The SMILES string of the molecule is COC(=O)C1=CC(CO)(NC(=O)OCc2ccccc2)CC=C1. The molecule has 1 aromatic rings. The van der Waals surface area contributed by atoms with Gasteiger partial charge in [-0.05, 0) is 18.1 Å². The van der Waals surface area contributed by atoms with Crippen LogP contribution in [0.4, 0.5) is 4.79 Å². The van der Waals surface area contributed by atoms with Gasteiger partial charge in [0, 0.05) is 0 Å². The molecule has 0 heterocycles. The summed E-state index contributed by atoms with van der Waals surface area (Å²) >= 11 is 0. The summed E-state index contributed by atoms with van der Waals surface area (Å²) in [5, 5.41) is 12.3. The fourth-order valence-electron chi connectivity index (χ4n) is 2.25. The molecule has 0 saturated heterocycles. The zero-order valence-corrected chi connectivity index (χ0v) is 12.8. The van der Waals surface area contributed by atoms with Crippen LogP contribution in [0.15, 0.2) is 54.1 Å². The lowest BCUT2D eigenvalue weighted by atomic mass is 9.89. The number of aliphatic hydroxyl groups excluding tert-OH is 1. The minimum atomic E-state index is -1.08. The van der Waals surface area contributed by atoms with Gasteiger partial charge in [0.05, 0.1) is 24.8 Å². The number of alkyl carbamates (subject to hydrolysis) is 1. The molecular formula is C17H19NO5. The van der Waals surface area contributed by atoms with Crippen molar-refractivity contribution in [3.63, 3.8) is 0 Å². The molecule has 1 aromatic carbocycles. The predicted octanol–water partition coefficient (Wildman–Crippen LogP) is 1.70. The van der Waals surface area contributed by atoms with Crippen molar-refractivity contribution in [3.05, 3.63) is 59.7 Å². The van der Waals surface area contributed by atoms with Gasteiger partial charge in [-0.25, -0.2) is 9.59 Å². The largest absolute Gasteiger partial charge is 0.465 e. The summed E-state index contributed by atoms with van der Waals surface area (Å²) in [6.45, 7) is -0.240. The number of methoxy groups -OCH3 is 1. The van der Waals surface area contributed by atoms with Gasteiger partial charge in [0.15, 0.2) is 0 Å². The number of rotatable bonds is 5. The highest BCUT2D eigenvalue weighted by Gasteiger charge is 2.32. The van der Waals surface area contributed by atoms with Gasteiger partial charge < -0.3 is 19.9 Å². The molecule has 6 heteroatoms. The Hall–Kier alpha value is -2.60. The summed E-state index contributed by atoms with van der Waals surface area (Å²) in [5.74, 6) is -0.529. The number of hydrogen-bond donors (Lipinski definition) is 2. The van der Waals surface area contributed by atoms with E-state index in [0.29, 0.717) is 6.42 Å². The monoisotopic (exact) mass is 317 g/mol. The van der Waals surface area contributed by atoms with Gasteiger partial charge in [-0.1, -0.05) is 42.5 Å². The van der Waals surface area contributed by atoms with E-state index in [-0.39, 0.29) is 18.8 Å². The highest BCUT2D eigenvalue weighted by Crippen LogP contribution is 2.22. The topological polar surface area (TPSA) is 84.9 Å². The van der Waals surface area contributed by atoms with Gasteiger partial charge in [0.1, 0.15) is 6.61 Å². The van der Waals surface area contributed by atoms with E-state index < -0.39 is 17.6 Å². The quantitative estimate of drug-likeness (QED) is 0.808. The first-order chi connectivity index (χ1) is 11.1. The molecule has 0 aliphatic heterocycles. The molecule has 0 radical (unpaired) electrons. The third kappa shape index (κ3) is 4.43. The Morgan fingerprint density at radius 1 is 1.30 bits per heavy atom. The molecule has 1 aliphatic rings. The van der Waals surface area contributed by atoms with E-state index in [9.17, 15) is 14.7 Å². The van der Waals surface area contributed by atoms with Crippen molar-refractivity contribution in [3.8, 4) is 0 Å². The predicted molar refractivity (Wildman–Crippen MR) is 83.4 cm³/mol. The van der Waals surface area contributed by atoms with Crippen LogP contribution in [0.2, 0.25) is 0 Å². The molecule has 1 amide bonds. The zero-order valence-electron chi connectivity index (χ0n) is 12.8. The van der Waals surface area contributed by atoms with Gasteiger partial charge in [-0.2, -0.15) is 0 Å². The van der Waals surface area contributed by atoms with Crippen LogP contribution in [-0.2, 0) is 20.9 Å². The van der Waals surface area contributed by atoms with Crippen molar-refractivity contribution in [1.29, 1.82) is 0 Å². The van der Waals surface area contributed by atoms with Gasteiger partial charge in [0.2, 0.25) is 0 Å². The molecule has 6 nitrogen and oxygen atoms in total. The van der Waals surface area contributed by atoms with Crippen LogP contribution in [0, 0.1) is 0 Å². The number of aliphatic hydroxyl groups is 1. The fourth-order valence-corrected chi connectivity index (χ4v) is 2.25. The van der Waals surface area contributed by atoms with Crippen molar-refractivity contribution < 1.29 is 24.2 Å². The lowest BCUT2D eigenvalue weighted by Crippen LogP contribution is -2.51. The minimum absolute atomic E-state index is 0.123. The van der Waals surface area contributed by atoms with Gasteiger partial charge in [0.25, 0.3) is 0 Å². The Balaban J connectivity index is 2.01. The molecule has 0 bridgehead atoms. The Morgan fingerprint density at radius 3 is 2.70 bits per heavy atom. The number of amides is 1.